The Hall–Kier alpha value is -2.44. The maximum Gasteiger partial charge on any atom is 0.433 e. The zero-order chi connectivity index (χ0) is 14.8. The van der Waals surface area contributed by atoms with E-state index in [4.69, 9.17) is 0 Å². The van der Waals surface area contributed by atoms with Crippen molar-refractivity contribution in [1.29, 1.82) is 0 Å². The second kappa shape index (κ2) is 5.28. The monoisotopic (exact) mass is 284 g/mol. The Bertz CT molecular complexity index is 623. The summed E-state index contributed by atoms with van der Waals surface area (Å²) < 4.78 is 50.1. The predicted molar refractivity (Wildman–Crippen MR) is 63.6 cm³/mol. The first-order valence-electron chi connectivity index (χ1n) is 5.47. The fraction of sp³-hybridized carbons (Fsp3) is 0.0769. The summed E-state index contributed by atoms with van der Waals surface area (Å²) >= 11 is 0. The number of hydrogen-bond acceptors (Lipinski definition) is 2. The first-order chi connectivity index (χ1) is 9.36. The lowest BCUT2D eigenvalue weighted by molar-refractivity contribution is -0.141. The Morgan fingerprint density at radius 3 is 2.30 bits per heavy atom. The van der Waals surface area contributed by atoms with Crippen molar-refractivity contribution >= 4 is 11.7 Å². The number of halogens is 4. The average Bonchev–Trinajstić information content (AvgIpc) is 2.38. The van der Waals surface area contributed by atoms with Crippen molar-refractivity contribution in [2.24, 2.45) is 0 Å². The minimum atomic E-state index is -4.59. The average molecular weight is 284 g/mol. The van der Waals surface area contributed by atoms with E-state index in [2.05, 4.69) is 10.3 Å². The Labute approximate surface area is 111 Å². The van der Waals surface area contributed by atoms with E-state index < -0.39 is 23.6 Å². The number of anilines is 1. The van der Waals surface area contributed by atoms with E-state index in [1.807, 2.05) is 0 Å². The lowest BCUT2D eigenvalue weighted by Gasteiger charge is -2.08. The minimum Gasteiger partial charge on any atom is -0.307 e. The van der Waals surface area contributed by atoms with Crippen molar-refractivity contribution in [3.63, 3.8) is 0 Å². The summed E-state index contributed by atoms with van der Waals surface area (Å²) in [5, 5.41) is 2.22. The van der Waals surface area contributed by atoms with Gasteiger partial charge in [0.25, 0.3) is 5.91 Å². The highest BCUT2D eigenvalue weighted by atomic mass is 19.4. The van der Waals surface area contributed by atoms with E-state index in [0.717, 1.165) is 24.3 Å². The molecule has 0 fully saturated rings. The zero-order valence-corrected chi connectivity index (χ0v) is 9.91. The third-order valence-electron chi connectivity index (χ3n) is 2.39. The van der Waals surface area contributed by atoms with E-state index in [9.17, 15) is 22.4 Å². The first-order valence-corrected chi connectivity index (χ1v) is 5.47. The molecule has 1 aromatic carbocycles. The van der Waals surface area contributed by atoms with Crippen molar-refractivity contribution in [3.05, 3.63) is 59.5 Å². The van der Waals surface area contributed by atoms with Gasteiger partial charge < -0.3 is 5.32 Å². The Morgan fingerprint density at radius 1 is 1.05 bits per heavy atom. The number of nitrogens with zero attached hydrogens (tertiary/aromatic N) is 1. The van der Waals surface area contributed by atoms with Crippen molar-refractivity contribution in [2.45, 2.75) is 6.18 Å². The summed E-state index contributed by atoms with van der Waals surface area (Å²) in [7, 11) is 0. The molecular weight excluding hydrogens is 276 g/mol. The number of carbonyl (C=O) groups excluding carboxylic acids is 1. The Kier molecular flexibility index (Phi) is 3.69. The molecule has 1 N–H and O–H groups in total. The zero-order valence-electron chi connectivity index (χ0n) is 9.91. The number of amides is 1. The molecule has 2 aromatic rings. The predicted octanol–water partition coefficient (Wildman–Crippen LogP) is 3.49. The van der Waals surface area contributed by atoms with Gasteiger partial charge >= 0.3 is 6.18 Å². The van der Waals surface area contributed by atoms with Crippen LogP contribution in [0.3, 0.4) is 0 Å². The van der Waals surface area contributed by atoms with Crippen LogP contribution in [0.1, 0.15) is 16.1 Å². The van der Waals surface area contributed by atoms with Gasteiger partial charge in [-0.3, -0.25) is 4.79 Å². The third-order valence-corrected chi connectivity index (χ3v) is 2.39. The number of nitrogens with one attached hydrogen (secondary N) is 1. The third kappa shape index (κ3) is 3.31. The Morgan fingerprint density at radius 2 is 1.70 bits per heavy atom. The molecule has 0 aliphatic carbocycles. The Balaban J connectivity index is 2.18. The van der Waals surface area contributed by atoms with Crippen LogP contribution in [0.2, 0.25) is 0 Å². The minimum absolute atomic E-state index is 0.116. The summed E-state index contributed by atoms with van der Waals surface area (Å²) in [4.78, 5) is 15.0. The van der Waals surface area contributed by atoms with Crippen molar-refractivity contribution in [2.75, 3.05) is 5.32 Å². The molecule has 0 saturated carbocycles. The molecule has 2 rings (SSSR count). The van der Waals surface area contributed by atoms with Gasteiger partial charge in [-0.15, -0.1) is 0 Å². The maximum atomic E-state index is 12.7. The summed E-state index contributed by atoms with van der Waals surface area (Å²) in [6, 6.07) is 7.76. The number of hydrogen-bond donors (Lipinski definition) is 1. The van der Waals surface area contributed by atoms with Crippen molar-refractivity contribution < 1.29 is 22.4 Å². The van der Waals surface area contributed by atoms with Gasteiger partial charge in [-0.25, -0.2) is 9.37 Å². The molecule has 1 heterocycles. The largest absolute Gasteiger partial charge is 0.433 e. The number of carbonyl (C=O) groups is 1. The van der Waals surface area contributed by atoms with Gasteiger partial charge in [0.1, 0.15) is 17.3 Å². The molecule has 104 valence electrons. The molecule has 0 aliphatic heterocycles. The standard InChI is InChI=1S/C13H8F4N2O/c14-9-6-4-8(5-7-9)12(20)19-11-3-1-2-10(18-11)13(15,16)17/h1-7H,(H,18,19,20). The van der Waals surface area contributed by atoms with Gasteiger partial charge in [0, 0.05) is 5.56 Å². The molecule has 20 heavy (non-hydrogen) atoms. The van der Waals surface area contributed by atoms with Crippen LogP contribution in [-0.2, 0) is 6.18 Å². The van der Waals surface area contributed by atoms with Gasteiger partial charge in [0.15, 0.2) is 0 Å². The molecule has 1 aromatic heterocycles. The van der Waals surface area contributed by atoms with Crippen LogP contribution < -0.4 is 5.32 Å². The van der Waals surface area contributed by atoms with Crippen molar-refractivity contribution in [3.8, 4) is 0 Å². The van der Waals surface area contributed by atoms with E-state index in [0.29, 0.717) is 0 Å². The normalized spacial score (nSPS) is 11.2. The number of aromatic nitrogens is 1. The van der Waals surface area contributed by atoms with Gasteiger partial charge in [-0.2, -0.15) is 13.2 Å². The molecule has 1 amide bonds. The SMILES string of the molecule is O=C(Nc1cccc(C(F)(F)F)n1)c1ccc(F)cc1. The lowest BCUT2D eigenvalue weighted by atomic mass is 10.2. The van der Waals surface area contributed by atoms with E-state index in [-0.39, 0.29) is 11.4 Å². The summed E-state index contributed by atoms with van der Waals surface area (Å²) in [6.07, 6.45) is -4.59. The molecule has 0 bridgehead atoms. The summed E-state index contributed by atoms with van der Waals surface area (Å²) in [5.41, 5.74) is -0.986. The quantitative estimate of drug-likeness (QED) is 0.858. The highest BCUT2D eigenvalue weighted by molar-refractivity contribution is 6.03. The molecule has 0 radical (unpaired) electrons. The summed E-state index contributed by atoms with van der Waals surface area (Å²) in [6.45, 7) is 0. The van der Waals surface area contributed by atoms with Crippen LogP contribution in [0.4, 0.5) is 23.4 Å². The highest BCUT2D eigenvalue weighted by Crippen LogP contribution is 2.28. The van der Waals surface area contributed by atoms with Crippen LogP contribution in [0.15, 0.2) is 42.5 Å². The van der Waals surface area contributed by atoms with Gasteiger partial charge in [-0.1, -0.05) is 6.07 Å². The first kappa shape index (κ1) is 14.0. The van der Waals surface area contributed by atoms with Crippen LogP contribution in [0, 0.1) is 5.82 Å². The second-order valence-corrected chi connectivity index (χ2v) is 3.87. The van der Waals surface area contributed by atoms with E-state index in [1.165, 1.54) is 18.2 Å². The van der Waals surface area contributed by atoms with Crippen LogP contribution >= 0.6 is 0 Å². The molecule has 0 atom stereocenters. The molecule has 0 unspecified atom stereocenters. The maximum absolute atomic E-state index is 12.7. The molecule has 0 aliphatic rings. The fourth-order valence-electron chi connectivity index (χ4n) is 1.45. The number of rotatable bonds is 2. The number of benzene rings is 1. The van der Waals surface area contributed by atoms with Crippen LogP contribution in [0.5, 0.6) is 0 Å². The van der Waals surface area contributed by atoms with Crippen molar-refractivity contribution in [1.82, 2.24) is 4.98 Å². The molecular formula is C13H8F4N2O. The second-order valence-electron chi connectivity index (χ2n) is 3.87. The van der Waals surface area contributed by atoms with Gasteiger partial charge in [-0.05, 0) is 36.4 Å². The fourth-order valence-corrected chi connectivity index (χ4v) is 1.45. The lowest BCUT2D eigenvalue weighted by Crippen LogP contribution is -2.15. The smallest absolute Gasteiger partial charge is 0.307 e. The van der Waals surface area contributed by atoms with Crippen LogP contribution in [-0.4, -0.2) is 10.9 Å². The number of alkyl halides is 3. The molecule has 0 saturated heterocycles. The molecule has 0 spiro atoms. The van der Waals surface area contributed by atoms with Gasteiger partial charge in [0.2, 0.25) is 0 Å². The van der Waals surface area contributed by atoms with E-state index >= 15 is 0 Å². The molecule has 3 nitrogen and oxygen atoms in total. The highest BCUT2D eigenvalue weighted by Gasteiger charge is 2.32. The molecule has 7 heteroatoms. The van der Waals surface area contributed by atoms with E-state index in [1.54, 1.807) is 0 Å². The number of pyridine rings is 1. The van der Waals surface area contributed by atoms with Gasteiger partial charge in [0.05, 0.1) is 0 Å². The van der Waals surface area contributed by atoms with Crippen LogP contribution in [0.25, 0.3) is 0 Å². The topological polar surface area (TPSA) is 42.0 Å². The summed E-state index contributed by atoms with van der Waals surface area (Å²) in [5.74, 6) is -1.41.